The lowest BCUT2D eigenvalue weighted by Gasteiger charge is -2.13. The fourth-order valence-electron chi connectivity index (χ4n) is 3.31. The first kappa shape index (κ1) is 27.7. The first-order valence-corrected chi connectivity index (χ1v) is 12.2. The number of thioether (sulfide) groups is 1. The highest BCUT2D eigenvalue weighted by atomic mass is 127. The standard InChI is InChI=1S/C21H38N8S.HI/c1-7-22-20(24-12-9-13-29-18(5)14-17(4)27-29)23-11-8-10-19-25-26-21(30-6)28(19)15-16(2)3;/h14,16H,7-13,15H2,1-6H3,(H2,22,23,24);1H. The van der Waals surface area contributed by atoms with Crippen LogP contribution in [0, 0.1) is 19.8 Å². The Bertz CT molecular complexity index is 799. The molecule has 0 bridgehead atoms. The topological polar surface area (TPSA) is 84.9 Å². The third kappa shape index (κ3) is 9.38. The highest BCUT2D eigenvalue weighted by molar-refractivity contribution is 14.0. The molecule has 0 fully saturated rings. The van der Waals surface area contributed by atoms with E-state index in [2.05, 4.69) is 75.2 Å². The van der Waals surface area contributed by atoms with Gasteiger partial charge in [0.05, 0.1) is 5.69 Å². The van der Waals surface area contributed by atoms with Gasteiger partial charge in [-0.25, -0.2) is 0 Å². The van der Waals surface area contributed by atoms with Crippen molar-refractivity contribution in [3.8, 4) is 0 Å². The van der Waals surface area contributed by atoms with E-state index < -0.39 is 0 Å². The van der Waals surface area contributed by atoms with Gasteiger partial charge in [-0.2, -0.15) is 5.10 Å². The molecule has 8 nitrogen and oxygen atoms in total. The van der Waals surface area contributed by atoms with Gasteiger partial charge in [0.15, 0.2) is 11.1 Å². The molecule has 0 aliphatic rings. The number of hydrogen-bond donors (Lipinski definition) is 2. The Morgan fingerprint density at radius 1 is 1.19 bits per heavy atom. The molecule has 0 aliphatic heterocycles. The normalized spacial score (nSPS) is 11.6. The van der Waals surface area contributed by atoms with E-state index in [1.807, 2.05) is 6.92 Å². The molecule has 0 aromatic carbocycles. The molecule has 0 atom stereocenters. The maximum Gasteiger partial charge on any atom is 0.191 e. The summed E-state index contributed by atoms with van der Waals surface area (Å²) >= 11 is 1.66. The molecule has 2 N–H and O–H groups in total. The van der Waals surface area contributed by atoms with E-state index in [9.17, 15) is 0 Å². The van der Waals surface area contributed by atoms with Crippen LogP contribution in [0.5, 0.6) is 0 Å². The van der Waals surface area contributed by atoms with Gasteiger partial charge in [-0.1, -0.05) is 25.6 Å². The van der Waals surface area contributed by atoms with Gasteiger partial charge in [0, 0.05) is 44.8 Å². The van der Waals surface area contributed by atoms with Crippen molar-refractivity contribution in [3.63, 3.8) is 0 Å². The Balaban J connectivity index is 0.00000480. The number of hydrogen-bond acceptors (Lipinski definition) is 5. The zero-order valence-corrected chi connectivity index (χ0v) is 23.0. The Morgan fingerprint density at radius 3 is 2.58 bits per heavy atom. The first-order valence-electron chi connectivity index (χ1n) is 10.9. The van der Waals surface area contributed by atoms with Crippen LogP contribution in [0.1, 0.15) is 50.8 Å². The predicted octanol–water partition coefficient (Wildman–Crippen LogP) is 3.67. The zero-order valence-electron chi connectivity index (χ0n) is 19.8. The molecular formula is C21H39IN8S. The number of nitrogens with zero attached hydrogens (tertiary/aromatic N) is 6. The van der Waals surface area contributed by atoms with Gasteiger partial charge < -0.3 is 15.2 Å². The summed E-state index contributed by atoms with van der Waals surface area (Å²) in [7, 11) is 0. The molecular weight excluding hydrogens is 523 g/mol. The van der Waals surface area contributed by atoms with Crippen molar-refractivity contribution in [2.24, 2.45) is 10.9 Å². The Kier molecular flexibility index (Phi) is 13.2. The van der Waals surface area contributed by atoms with E-state index in [1.54, 1.807) is 11.8 Å². The molecule has 0 unspecified atom stereocenters. The predicted molar refractivity (Wildman–Crippen MR) is 141 cm³/mol. The number of halogens is 1. The molecule has 0 saturated carbocycles. The van der Waals surface area contributed by atoms with Gasteiger partial charge in [-0.05, 0) is 51.9 Å². The molecule has 0 amide bonds. The molecule has 10 heteroatoms. The SMILES string of the molecule is CCNC(=NCCCn1nc(C)cc1C)NCCCc1nnc(SC)n1CC(C)C.I. The molecule has 2 heterocycles. The van der Waals surface area contributed by atoms with Crippen molar-refractivity contribution in [2.45, 2.75) is 72.1 Å². The van der Waals surface area contributed by atoms with Gasteiger partial charge in [-0.15, -0.1) is 34.2 Å². The molecule has 2 rings (SSSR count). The second-order valence-corrected chi connectivity index (χ2v) is 8.68. The van der Waals surface area contributed by atoms with Crippen LogP contribution in [0.4, 0.5) is 0 Å². The van der Waals surface area contributed by atoms with Gasteiger partial charge >= 0.3 is 0 Å². The summed E-state index contributed by atoms with van der Waals surface area (Å²) in [6, 6.07) is 2.11. The number of aliphatic imine (C=N–C) groups is 1. The molecule has 31 heavy (non-hydrogen) atoms. The van der Waals surface area contributed by atoms with Crippen molar-refractivity contribution in [1.82, 2.24) is 35.2 Å². The molecule has 176 valence electrons. The van der Waals surface area contributed by atoms with Crippen molar-refractivity contribution >= 4 is 41.7 Å². The third-order valence-corrected chi connectivity index (χ3v) is 5.31. The molecule has 0 radical (unpaired) electrons. The van der Waals surface area contributed by atoms with Gasteiger partial charge in [0.2, 0.25) is 0 Å². The minimum atomic E-state index is 0. The van der Waals surface area contributed by atoms with Crippen LogP contribution >= 0.6 is 35.7 Å². The molecule has 0 saturated heterocycles. The van der Waals surface area contributed by atoms with Crippen LogP contribution in [0.15, 0.2) is 16.2 Å². The van der Waals surface area contributed by atoms with Crippen LogP contribution in [0.2, 0.25) is 0 Å². The summed E-state index contributed by atoms with van der Waals surface area (Å²) in [4.78, 5) is 4.70. The highest BCUT2D eigenvalue weighted by Gasteiger charge is 2.12. The number of rotatable bonds is 12. The van der Waals surface area contributed by atoms with Crippen molar-refractivity contribution in [3.05, 3.63) is 23.3 Å². The second-order valence-electron chi connectivity index (χ2n) is 7.90. The lowest BCUT2D eigenvalue weighted by Crippen LogP contribution is -2.38. The maximum atomic E-state index is 4.70. The van der Waals surface area contributed by atoms with Crippen molar-refractivity contribution < 1.29 is 0 Å². The van der Waals surface area contributed by atoms with E-state index in [0.29, 0.717) is 5.92 Å². The van der Waals surface area contributed by atoms with Crippen LogP contribution in [-0.2, 0) is 19.5 Å². The number of nitrogens with one attached hydrogen (secondary N) is 2. The number of aryl methyl sites for hydroxylation is 4. The maximum absolute atomic E-state index is 4.70. The quantitative estimate of drug-likeness (QED) is 0.135. The number of aromatic nitrogens is 5. The molecule has 2 aromatic heterocycles. The van der Waals surface area contributed by atoms with E-state index in [-0.39, 0.29) is 24.0 Å². The monoisotopic (exact) mass is 562 g/mol. The smallest absolute Gasteiger partial charge is 0.191 e. The second kappa shape index (κ2) is 14.7. The summed E-state index contributed by atoms with van der Waals surface area (Å²) < 4.78 is 4.31. The molecule has 0 aliphatic carbocycles. The van der Waals surface area contributed by atoms with Crippen LogP contribution in [0.3, 0.4) is 0 Å². The van der Waals surface area contributed by atoms with E-state index in [4.69, 9.17) is 4.99 Å². The van der Waals surface area contributed by atoms with Crippen LogP contribution in [0.25, 0.3) is 0 Å². The summed E-state index contributed by atoms with van der Waals surface area (Å²) in [5.74, 6) is 2.52. The fourth-order valence-corrected chi connectivity index (χ4v) is 3.83. The van der Waals surface area contributed by atoms with Gasteiger partial charge in [0.25, 0.3) is 0 Å². The van der Waals surface area contributed by atoms with Crippen LogP contribution < -0.4 is 10.6 Å². The summed E-state index contributed by atoms with van der Waals surface area (Å²) in [6.45, 7) is 15.0. The van der Waals surface area contributed by atoms with E-state index in [1.165, 1.54) is 5.69 Å². The van der Waals surface area contributed by atoms with Crippen molar-refractivity contribution in [2.75, 3.05) is 25.9 Å². The summed E-state index contributed by atoms with van der Waals surface area (Å²) in [6.07, 6.45) is 4.92. The Morgan fingerprint density at radius 2 is 1.97 bits per heavy atom. The fraction of sp³-hybridized carbons (Fsp3) is 0.714. The van der Waals surface area contributed by atoms with Crippen LogP contribution in [-0.4, -0.2) is 56.4 Å². The average Bonchev–Trinajstić information content (AvgIpc) is 3.23. The van der Waals surface area contributed by atoms with Crippen molar-refractivity contribution in [1.29, 1.82) is 0 Å². The summed E-state index contributed by atoms with van der Waals surface area (Å²) in [5, 5.41) is 21.0. The van der Waals surface area contributed by atoms with E-state index in [0.717, 1.165) is 74.6 Å². The zero-order chi connectivity index (χ0) is 21.9. The lowest BCUT2D eigenvalue weighted by atomic mass is 10.2. The third-order valence-electron chi connectivity index (χ3n) is 4.64. The average molecular weight is 563 g/mol. The lowest BCUT2D eigenvalue weighted by molar-refractivity contribution is 0.477. The Labute approximate surface area is 208 Å². The minimum absolute atomic E-state index is 0. The first-order chi connectivity index (χ1) is 14.4. The minimum Gasteiger partial charge on any atom is -0.357 e. The summed E-state index contributed by atoms with van der Waals surface area (Å²) in [5.41, 5.74) is 2.27. The number of guanidine groups is 1. The Hall–Kier alpha value is -1.30. The highest BCUT2D eigenvalue weighted by Crippen LogP contribution is 2.16. The molecule has 0 spiro atoms. The largest absolute Gasteiger partial charge is 0.357 e. The van der Waals surface area contributed by atoms with Gasteiger partial charge in [0.1, 0.15) is 5.82 Å². The van der Waals surface area contributed by atoms with Gasteiger partial charge in [-0.3, -0.25) is 9.67 Å². The molecule has 2 aromatic rings. The van der Waals surface area contributed by atoms with E-state index >= 15 is 0 Å².